The van der Waals surface area contributed by atoms with Crippen LogP contribution in [0.15, 0.2) is 18.2 Å². The molecule has 4 heteroatoms. The van der Waals surface area contributed by atoms with E-state index in [1.54, 1.807) is 6.07 Å². The quantitative estimate of drug-likeness (QED) is 0.787. The average molecular weight is 241 g/mol. The zero-order valence-electron chi connectivity index (χ0n) is 9.35. The van der Waals surface area contributed by atoms with E-state index in [2.05, 4.69) is 5.32 Å². The minimum absolute atomic E-state index is 0.472. The van der Waals surface area contributed by atoms with E-state index in [0.717, 1.165) is 30.0 Å². The number of hydrogen-bond acceptors (Lipinski definition) is 1. The molecule has 1 aromatic carbocycles. The summed E-state index contributed by atoms with van der Waals surface area (Å²) in [6, 6.07) is 4.50. The van der Waals surface area contributed by atoms with E-state index >= 15 is 0 Å². The Morgan fingerprint density at radius 3 is 2.53 bits per heavy atom. The van der Waals surface area contributed by atoms with Crippen LogP contribution >= 0.6 is 0 Å². The van der Waals surface area contributed by atoms with Crippen molar-refractivity contribution in [3.63, 3.8) is 0 Å². The summed E-state index contributed by atoms with van der Waals surface area (Å²) in [7, 11) is 0. The highest BCUT2D eigenvalue weighted by atomic mass is 19.4. The number of hydrogen-bond donors (Lipinski definition) is 1. The number of nitrogens with one attached hydrogen (secondary N) is 1. The largest absolute Gasteiger partial charge is 0.416 e. The Balaban J connectivity index is 1.85. The van der Waals surface area contributed by atoms with Crippen molar-refractivity contribution >= 4 is 5.69 Å². The maximum Gasteiger partial charge on any atom is 0.416 e. The van der Waals surface area contributed by atoms with Crippen LogP contribution in [0.4, 0.5) is 18.9 Å². The molecular formula is C13H14F3N. The maximum absolute atomic E-state index is 12.6. The lowest BCUT2D eigenvalue weighted by Crippen LogP contribution is -2.27. The van der Waals surface area contributed by atoms with Crippen LogP contribution in [0.2, 0.25) is 0 Å². The first-order valence-corrected chi connectivity index (χ1v) is 6.01. The summed E-state index contributed by atoms with van der Waals surface area (Å²) in [6.07, 6.45) is -0.00393. The van der Waals surface area contributed by atoms with Crippen molar-refractivity contribution in [1.82, 2.24) is 0 Å². The molecule has 0 aromatic heterocycles. The van der Waals surface area contributed by atoms with E-state index in [1.165, 1.54) is 25.0 Å². The minimum atomic E-state index is -4.23. The van der Waals surface area contributed by atoms with Gasteiger partial charge in [-0.1, -0.05) is 0 Å². The van der Waals surface area contributed by atoms with Gasteiger partial charge in [-0.05, 0) is 55.4 Å². The first-order chi connectivity index (χ1) is 8.04. The molecule has 1 saturated carbocycles. The molecule has 0 spiro atoms. The van der Waals surface area contributed by atoms with Gasteiger partial charge in [0.05, 0.1) is 5.56 Å². The smallest absolute Gasteiger partial charge is 0.382 e. The van der Waals surface area contributed by atoms with E-state index in [-0.39, 0.29) is 0 Å². The Morgan fingerprint density at radius 1 is 1.12 bits per heavy atom. The van der Waals surface area contributed by atoms with E-state index in [0.29, 0.717) is 6.04 Å². The lowest BCUT2D eigenvalue weighted by Gasteiger charge is -2.27. The number of aryl methyl sites for hydroxylation is 1. The number of halogens is 3. The van der Waals surface area contributed by atoms with Gasteiger partial charge in [-0.3, -0.25) is 0 Å². The monoisotopic (exact) mass is 241 g/mol. The Labute approximate surface area is 98.0 Å². The third-order valence-corrected chi connectivity index (χ3v) is 3.69. The summed E-state index contributed by atoms with van der Waals surface area (Å²) in [5.41, 5.74) is 1.15. The zero-order valence-corrected chi connectivity index (χ0v) is 9.35. The highest BCUT2D eigenvalue weighted by Crippen LogP contribution is 2.40. The summed E-state index contributed by atoms with van der Waals surface area (Å²) >= 11 is 0. The Kier molecular flexibility index (Phi) is 2.35. The highest BCUT2D eigenvalue weighted by Gasteiger charge is 2.35. The fourth-order valence-electron chi connectivity index (χ4n) is 2.55. The fraction of sp³-hybridized carbons (Fsp3) is 0.538. The van der Waals surface area contributed by atoms with Crippen LogP contribution in [0.25, 0.3) is 0 Å². The van der Waals surface area contributed by atoms with Crippen LogP contribution < -0.4 is 5.32 Å². The van der Waals surface area contributed by atoms with Gasteiger partial charge in [0, 0.05) is 11.7 Å². The molecule has 3 rings (SSSR count). The third-order valence-electron chi connectivity index (χ3n) is 3.69. The summed E-state index contributed by atoms with van der Waals surface area (Å²) in [5.74, 6) is 0.741. The Bertz CT molecular complexity index is 435. The van der Waals surface area contributed by atoms with Gasteiger partial charge in [-0.25, -0.2) is 0 Å². The molecule has 1 atom stereocenters. The number of benzene rings is 1. The second kappa shape index (κ2) is 3.65. The maximum atomic E-state index is 12.6. The first kappa shape index (κ1) is 10.9. The van der Waals surface area contributed by atoms with Crippen molar-refractivity contribution in [1.29, 1.82) is 0 Å². The SMILES string of the molecule is FC(F)(F)c1ccc2c(c1)CCC(C1CC1)N2. The molecule has 92 valence electrons. The molecular weight excluding hydrogens is 227 g/mol. The molecule has 1 fully saturated rings. The molecule has 1 unspecified atom stereocenters. The molecule has 0 amide bonds. The fourth-order valence-corrected chi connectivity index (χ4v) is 2.55. The highest BCUT2D eigenvalue weighted by molar-refractivity contribution is 5.56. The molecule has 1 N–H and O–H groups in total. The summed E-state index contributed by atoms with van der Waals surface area (Å²) in [4.78, 5) is 0. The van der Waals surface area contributed by atoms with Crippen LogP contribution in [0, 0.1) is 5.92 Å². The normalized spacial score (nSPS) is 24.1. The predicted octanol–water partition coefficient (Wildman–Crippen LogP) is 3.84. The molecule has 1 heterocycles. The van der Waals surface area contributed by atoms with Gasteiger partial charge < -0.3 is 5.32 Å². The molecule has 0 radical (unpaired) electrons. The molecule has 0 bridgehead atoms. The predicted molar refractivity (Wildman–Crippen MR) is 59.9 cm³/mol. The van der Waals surface area contributed by atoms with Gasteiger partial charge in [0.25, 0.3) is 0 Å². The van der Waals surface area contributed by atoms with Crippen molar-refractivity contribution in [3.05, 3.63) is 29.3 Å². The topological polar surface area (TPSA) is 12.0 Å². The van der Waals surface area contributed by atoms with Gasteiger partial charge in [-0.15, -0.1) is 0 Å². The minimum Gasteiger partial charge on any atom is -0.382 e. The second-order valence-electron chi connectivity index (χ2n) is 5.00. The van der Waals surface area contributed by atoms with Crippen molar-refractivity contribution in [2.24, 2.45) is 5.92 Å². The van der Waals surface area contributed by atoms with Gasteiger partial charge >= 0.3 is 6.18 Å². The van der Waals surface area contributed by atoms with Crippen LogP contribution in [0.5, 0.6) is 0 Å². The van der Waals surface area contributed by atoms with Crippen LogP contribution in [0.3, 0.4) is 0 Å². The molecule has 0 saturated heterocycles. The number of rotatable bonds is 1. The van der Waals surface area contributed by atoms with E-state index in [4.69, 9.17) is 0 Å². The van der Waals surface area contributed by atoms with Gasteiger partial charge in [0.1, 0.15) is 0 Å². The van der Waals surface area contributed by atoms with Crippen molar-refractivity contribution < 1.29 is 13.2 Å². The lowest BCUT2D eigenvalue weighted by molar-refractivity contribution is -0.137. The van der Waals surface area contributed by atoms with Crippen LogP contribution in [-0.4, -0.2) is 6.04 Å². The molecule has 1 nitrogen and oxygen atoms in total. The number of fused-ring (bicyclic) bond motifs is 1. The van der Waals surface area contributed by atoms with Crippen molar-refractivity contribution in [2.75, 3.05) is 5.32 Å². The number of anilines is 1. The van der Waals surface area contributed by atoms with Crippen molar-refractivity contribution in [3.8, 4) is 0 Å². The summed E-state index contributed by atoms with van der Waals surface area (Å²) < 4.78 is 37.7. The average Bonchev–Trinajstić information content (AvgIpc) is 3.10. The Morgan fingerprint density at radius 2 is 1.88 bits per heavy atom. The standard InChI is InChI=1S/C13H14F3N/c14-13(15,16)10-4-6-12-9(7-10)3-5-11(17-12)8-1-2-8/h4,6-8,11,17H,1-3,5H2. The van der Waals surface area contributed by atoms with Gasteiger partial charge in [0.2, 0.25) is 0 Å². The summed E-state index contributed by atoms with van der Waals surface area (Å²) in [6.45, 7) is 0. The van der Waals surface area contributed by atoms with Crippen molar-refractivity contribution in [2.45, 2.75) is 37.9 Å². The molecule has 1 aliphatic heterocycles. The summed E-state index contributed by atoms with van der Waals surface area (Å²) in [5, 5.41) is 3.37. The molecule has 1 aliphatic carbocycles. The van der Waals surface area contributed by atoms with Gasteiger partial charge in [-0.2, -0.15) is 13.2 Å². The zero-order chi connectivity index (χ0) is 12.0. The van der Waals surface area contributed by atoms with E-state index in [1.807, 2.05) is 0 Å². The molecule has 17 heavy (non-hydrogen) atoms. The van der Waals surface area contributed by atoms with Gasteiger partial charge in [0.15, 0.2) is 0 Å². The first-order valence-electron chi connectivity index (χ1n) is 6.01. The molecule has 2 aliphatic rings. The molecule has 1 aromatic rings. The van der Waals surface area contributed by atoms with E-state index in [9.17, 15) is 13.2 Å². The van der Waals surface area contributed by atoms with Crippen LogP contribution in [-0.2, 0) is 12.6 Å². The second-order valence-corrected chi connectivity index (χ2v) is 5.00. The van der Waals surface area contributed by atoms with E-state index < -0.39 is 11.7 Å². The third kappa shape index (κ3) is 2.13. The lowest BCUT2D eigenvalue weighted by atomic mass is 9.94. The van der Waals surface area contributed by atoms with Crippen LogP contribution in [0.1, 0.15) is 30.4 Å². The number of alkyl halides is 3. The Hall–Kier alpha value is -1.19.